The van der Waals surface area contributed by atoms with Gasteiger partial charge < -0.3 is 9.84 Å². The molecule has 3 heteroatoms. The van der Waals surface area contributed by atoms with Crippen molar-refractivity contribution in [3.05, 3.63) is 71.8 Å². The number of rotatable bonds is 5. The number of hydrogen-bond acceptors (Lipinski definition) is 3. The monoisotopic (exact) mass is 270 g/mol. The van der Waals surface area contributed by atoms with E-state index in [1.54, 1.807) is 19.1 Å². The zero-order chi connectivity index (χ0) is 14.4. The van der Waals surface area contributed by atoms with Crippen molar-refractivity contribution in [2.75, 3.05) is 0 Å². The number of carbonyl (C=O) groups is 1. The van der Waals surface area contributed by atoms with E-state index in [9.17, 15) is 9.90 Å². The average molecular weight is 270 g/mol. The lowest BCUT2D eigenvalue weighted by atomic mass is 9.98. The van der Waals surface area contributed by atoms with Gasteiger partial charge in [0.25, 0.3) is 0 Å². The summed E-state index contributed by atoms with van der Waals surface area (Å²) >= 11 is 0. The Morgan fingerprint density at radius 1 is 1.05 bits per heavy atom. The van der Waals surface area contributed by atoms with E-state index in [-0.39, 0.29) is 6.61 Å². The van der Waals surface area contributed by atoms with Crippen molar-refractivity contribution in [2.45, 2.75) is 19.6 Å². The molecule has 0 aliphatic rings. The third kappa shape index (κ3) is 3.68. The first-order valence-electron chi connectivity index (χ1n) is 6.62. The first-order chi connectivity index (χ1) is 9.68. The first-order valence-corrected chi connectivity index (χ1v) is 6.62. The van der Waals surface area contributed by atoms with Crippen LogP contribution in [0.15, 0.2) is 60.7 Å². The van der Waals surface area contributed by atoms with E-state index in [2.05, 4.69) is 0 Å². The van der Waals surface area contributed by atoms with E-state index in [1.165, 1.54) is 0 Å². The second kappa shape index (κ2) is 6.87. The summed E-state index contributed by atoms with van der Waals surface area (Å²) in [6.07, 6.45) is -0.848. The summed E-state index contributed by atoms with van der Waals surface area (Å²) in [6.45, 7) is 1.90. The minimum atomic E-state index is -0.848. The van der Waals surface area contributed by atoms with Crippen LogP contribution in [0.2, 0.25) is 0 Å². The predicted octanol–water partition coefficient (Wildman–Crippen LogP) is 3.10. The summed E-state index contributed by atoms with van der Waals surface area (Å²) in [5, 5.41) is 10.2. The molecule has 0 aliphatic carbocycles. The van der Waals surface area contributed by atoms with E-state index in [0.29, 0.717) is 0 Å². The Kier molecular flexibility index (Phi) is 4.91. The molecule has 0 unspecified atom stereocenters. The van der Waals surface area contributed by atoms with Crippen LogP contribution in [0.25, 0.3) is 0 Å². The molecule has 0 heterocycles. The zero-order valence-electron chi connectivity index (χ0n) is 11.4. The van der Waals surface area contributed by atoms with Crippen LogP contribution in [0.4, 0.5) is 0 Å². The number of carbonyl (C=O) groups excluding carboxylic acids is 1. The van der Waals surface area contributed by atoms with Gasteiger partial charge in [0.1, 0.15) is 6.61 Å². The van der Waals surface area contributed by atoms with Crippen molar-refractivity contribution in [2.24, 2.45) is 5.92 Å². The van der Waals surface area contributed by atoms with Gasteiger partial charge in [-0.15, -0.1) is 0 Å². The summed E-state index contributed by atoms with van der Waals surface area (Å²) in [5.74, 6) is -0.994. The molecule has 2 aromatic rings. The molecule has 2 atom stereocenters. The molecule has 0 saturated carbocycles. The molecule has 1 N–H and O–H groups in total. The fourth-order valence-electron chi connectivity index (χ4n) is 1.93. The zero-order valence-corrected chi connectivity index (χ0v) is 11.4. The second-order valence-corrected chi connectivity index (χ2v) is 4.74. The molecule has 0 aliphatic heterocycles. The fraction of sp³-hybridized carbons (Fsp3) is 0.235. The topological polar surface area (TPSA) is 46.5 Å². The van der Waals surface area contributed by atoms with Gasteiger partial charge in [-0.05, 0) is 18.1 Å². The Morgan fingerprint density at radius 2 is 1.60 bits per heavy atom. The van der Waals surface area contributed by atoms with Crippen LogP contribution in [0.3, 0.4) is 0 Å². The van der Waals surface area contributed by atoms with Crippen molar-refractivity contribution >= 4 is 5.97 Å². The van der Waals surface area contributed by atoms with Gasteiger partial charge in [0.15, 0.2) is 0 Å². The van der Waals surface area contributed by atoms with Crippen molar-refractivity contribution in [3.63, 3.8) is 0 Å². The van der Waals surface area contributed by atoms with Crippen LogP contribution in [0, 0.1) is 5.92 Å². The maximum absolute atomic E-state index is 11.9. The Balaban J connectivity index is 1.92. The van der Waals surface area contributed by atoms with Crippen LogP contribution >= 0.6 is 0 Å². The molecule has 0 radical (unpaired) electrons. The molecule has 3 nitrogen and oxygen atoms in total. The van der Waals surface area contributed by atoms with Gasteiger partial charge in [-0.25, -0.2) is 0 Å². The average Bonchev–Trinajstić information content (AvgIpc) is 2.53. The molecule has 0 bridgehead atoms. The van der Waals surface area contributed by atoms with Gasteiger partial charge >= 0.3 is 5.97 Å². The molecule has 2 aromatic carbocycles. The highest BCUT2D eigenvalue weighted by atomic mass is 16.5. The lowest BCUT2D eigenvalue weighted by Gasteiger charge is -2.18. The highest BCUT2D eigenvalue weighted by Crippen LogP contribution is 2.22. The highest BCUT2D eigenvalue weighted by molar-refractivity contribution is 5.73. The normalized spacial score (nSPS) is 13.5. The van der Waals surface area contributed by atoms with E-state index < -0.39 is 18.0 Å². The molecule has 0 aromatic heterocycles. The van der Waals surface area contributed by atoms with Crippen molar-refractivity contribution in [3.8, 4) is 0 Å². The van der Waals surface area contributed by atoms with Gasteiger partial charge in [-0.3, -0.25) is 4.79 Å². The van der Waals surface area contributed by atoms with Crippen LogP contribution in [-0.2, 0) is 16.1 Å². The number of ether oxygens (including phenoxy) is 1. The molecule has 0 spiro atoms. The van der Waals surface area contributed by atoms with Gasteiger partial charge in [0.2, 0.25) is 0 Å². The second-order valence-electron chi connectivity index (χ2n) is 4.74. The molecule has 0 fully saturated rings. The molecular formula is C17H18O3. The Morgan fingerprint density at radius 3 is 2.20 bits per heavy atom. The number of aliphatic hydroxyl groups excluding tert-OH is 1. The minimum Gasteiger partial charge on any atom is -0.461 e. The summed E-state index contributed by atoms with van der Waals surface area (Å²) in [7, 11) is 0. The quantitative estimate of drug-likeness (QED) is 0.849. The minimum absolute atomic E-state index is 0.228. The van der Waals surface area contributed by atoms with Crippen LogP contribution in [0.5, 0.6) is 0 Å². The van der Waals surface area contributed by atoms with Crippen LogP contribution < -0.4 is 0 Å². The largest absolute Gasteiger partial charge is 0.461 e. The summed E-state index contributed by atoms with van der Waals surface area (Å²) in [4.78, 5) is 11.9. The lowest BCUT2D eigenvalue weighted by Crippen LogP contribution is -2.21. The van der Waals surface area contributed by atoms with Gasteiger partial charge in [-0.1, -0.05) is 60.7 Å². The SMILES string of the molecule is C[C@H](C(=O)OCc1ccccc1)[C@@H](O)c1ccccc1. The van der Waals surface area contributed by atoms with Gasteiger partial charge in [0, 0.05) is 0 Å². The van der Waals surface area contributed by atoms with E-state index >= 15 is 0 Å². The number of aliphatic hydroxyl groups is 1. The predicted molar refractivity (Wildman–Crippen MR) is 76.8 cm³/mol. The van der Waals surface area contributed by atoms with Gasteiger partial charge in [-0.2, -0.15) is 0 Å². The maximum atomic E-state index is 11.9. The number of benzene rings is 2. The first kappa shape index (κ1) is 14.3. The molecular weight excluding hydrogens is 252 g/mol. The molecule has 0 saturated heterocycles. The summed E-state index contributed by atoms with van der Waals surface area (Å²) in [5.41, 5.74) is 1.65. The third-order valence-electron chi connectivity index (χ3n) is 3.21. The standard InChI is InChI=1S/C17H18O3/c1-13(16(18)15-10-6-3-7-11-15)17(19)20-12-14-8-4-2-5-9-14/h2-11,13,16,18H,12H2,1H3/t13-,16+/m0/s1. The summed E-state index contributed by atoms with van der Waals surface area (Å²) < 4.78 is 5.23. The van der Waals surface area contributed by atoms with Crippen LogP contribution in [0.1, 0.15) is 24.2 Å². The molecule has 0 amide bonds. The highest BCUT2D eigenvalue weighted by Gasteiger charge is 2.24. The Labute approximate surface area is 118 Å². The number of hydrogen-bond donors (Lipinski definition) is 1. The van der Waals surface area contributed by atoms with E-state index in [4.69, 9.17) is 4.74 Å². The smallest absolute Gasteiger partial charge is 0.311 e. The van der Waals surface area contributed by atoms with Crippen molar-refractivity contribution < 1.29 is 14.6 Å². The maximum Gasteiger partial charge on any atom is 0.311 e. The molecule has 2 rings (SSSR count). The van der Waals surface area contributed by atoms with E-state index in [0.717, 1.165) is 11.1 Å². The molecule has 104 valence electrons. The summed E-state index contributed by atoms with van der Waals surface area (Å²) in [6, 6.07) is 18.6. The van der Waals surface area contributed by atoms with Crippen molar-refractivity contribution in [1.82, 2.24) is 0 Å². The Bertz CT molecular complexity index is 537. The van der Waals surface area contributed by atoms with Crippen molar-refractivity contribution in [1.29, 1.82) is 0 Å². The number of esters is 1. The van der Waals surface area contributed by atoms with E-state index in [1.807, 2.05) is 48.5 Å². The fourth-order valence-corrected chi connectivity index (χ4v) is 1.93. The third-order valence-corrected chi connectivity index (χ3v) is 3.21. The van der Waals surface area contributed by atoms with Gasteiger partial charge in [0.05, 0.1) is 12.0 Å². The Hall–Kier alpha value is -2.13. The van der Waals surface area contributed by atoms with Crippen LogP contribution in [-0.4, -0.2) is 11.1 Å². The molecule has 20 heavy (non-hydrogen) atoms. The lowest BCUT2D eigenvalue weighted by molar-refractivity contribution is -0.153.